The van der Waals surface area contributed by atoms with Crippen LogP contribution in [-0.4, -0.2) is 13.7 Å². The maximum Gasteiger partial charge on any atom is 0.129 e. The molecule has 0 aliphatic carbocycles. The number of rotatable bonds is 3. The van der Waals surface area contributed by atoms with Crippen molar-refractivity contribution in [2.24, 2.45) is 5.73 Å². The summed E-state index contributed by atoms with van der Waals surface area (Å²) in [5, 5.41) is 0. The lowest BCUT2D eigenvalue weighted by Gasteiger charge is -2.14. The topological polar surface area (TPSA) is 35.2 Å². The third-order valence-electron chi connectivity index (χ3n) is 2.09. The van der Waals surface area contributed by atoms with Gasteiger partial charge in [0.2, 0.25) is 0 Å². The lowest BCUT2D eigenvalue weighted by molar-refractivity contribution is 0.180. The summed E-state index contributed by atoms with van der Waals surface area (Å²) in [5.41, 5.74) is 6.51. The second-order valence-electron chi connectivity index (χ2n) is 3.16. The first-order valence-electron chi connectivity index (χ1n) is 4.26. The summed E-state index contributed by atoms with van der Waals surface area (Å²) in [5.74, 6) is -1.19. The van der Waals surface area contributed by atoms with Gasteiger partial charge in [-0.15, -0.1) is 0 Å². The summed E-state index contributed by atoms with van der Waals surface area (Å²) in [6.07, 6.45) is 0. The molecule has 78 valence electrons. The first-order valence-corrected chi connectivity index (χ1v) is 4.26. The van der Waals surface area contributed by atoms with Crippen molar-refractivity contribution in [3.8, 4) is 0 Å². The molecule has 0 aliphatic heterocycles. The van der Waals surface area contributed by atoms with Crippen LogP contribution in [0.25, 0.3) is 0 Å². The van der Waals surface area contributed by atoms with Crippen molar-refractivity contribution >= 4 is 0 Å². The predicted octanol–water partition coefficient (Wildman–Crippen LogP) is 1.92. The van der Waals surface area contributed by atoms with Crippen molar-refractivity contribution in [3.05, 3.63) is 34.9 Å². The number of halogens is 2. The Bertz CT molecular complexity index is 328. The van der Waals surface area contributed by atoms with Crippen molar-refractivity contribution < 1.29 is 13.5 Å². The quantitative estimate of drug-likeness (QED) is 0.810. The molecule has 0 spiro atoms. The second kappa shape index (κ2) is 4.48. The monoisotopic (exact) mass is 201 g/mol. The second-order valence-corrected chi connectivity index (χ2v) is 3.16. The molecule has 1 aromatic carbocycles. The van der Waals surface area contributed by atoms with Crippen molar-refractivity contribution in [1.82, 2.24) is 0 Å². The first-order chi connectivity index (χ1) is 6.56. The fourth-order valence-electron chi connectivity index (χ4n) is 1.32. The van der Waals surface area contributed by atoms with E-state index in [2.05, 4.69) is 0 Å². The minimum Gasteiger partial charge on any atom is -0.383 e. The Kier molecular flexibility index (Phi) is 3.55. The van der Waals surface area contributed by atoms with Crippen LogP contribution in [0.5, 0.6) is 0 Å². The summed E-state index contributed by atoms with van der Waals surface area (Å²) in [7, 11) is 1.49. The van der Waals surface area contributed by atoms with Crippen molar-refractivity contribution in [1.29, 1.82) is 0 Å². The van der Waals surface area contributed by atoms with E-state index in [1.807, 2.05) is 0 Å². The SMILES string of the molecule is COC[C@@H](N)c1cc(F)cc(F)c1C. The van der Waals surface area contributed by atoms with E-state index in [0.29, 0.717) is 11.1 Å². The summed E-state index contributed by atoms with van der Waals surface area (Å²) in [6, 6.07) is 1.59. The van der Waals surface area contributed by atoms with Gasteiger partial charge in [-0.05, 0) is 24.1 Å². The smallest absolute Gasteiger partial charge is 0.129 e. The number of ether oxygens (including phenoxy) is 1. The van der Waals surface area contributed by atoms with Crippen molar-refractivity contribution in [3.63, 3.8) is 0 Å². The summed E-state index contributed by atoms with van der Waals surface area (Å²) in [6.45, 7) is 1.81. The number of hydrogen-bond acceptors (Lipinski definition) is 2. The third-order valence-corrected chi connectivity index (χ3v) is 2.09. The molecule has 1 rings (SSSR count). The minimum absolute atomic E-state index is 0.240. The molecule has 0 fully saturated rings. The Hall–Kier alpha value is -1.00. The highest BCUT2D eigenvalue weighted by molar-refractivity contribution is 5.30. The van der Waals surface area contributed by atoms with Gasteiger partial charge in [-0.3, -0.25) is 0 Å². The van der Waals surface area contributed by atoms with Gasteiger partial charge >= 0.3 is 0 Å². The molecule has 0 saturated heterocycles. The van der Waals surface area contributed by atoms with E-state index in [1.165, 1.54) is 13.2 Å². The minimum atomic E-state index is -0.616. The largest absolute Gasteiger partial charge is 0.383 e. The molecular formula is C10H13F2NO. The van der Waals surface area contributed by atoms with Gasteiger partial charge in [0.05, 0.1) is 12.6 Å². The summed E-state index contributed by atoms with van der Waals surface area (Å²) < 4.78 is 30.8. The maximum absolute atomic E-state index is 13.1. The van der Waals surface area contributed by atoms with E-state index < -0.39 is 17.7 Å². The highest BCUT2D eigenvalue weighted by Crippen LogP contribution is 2.20. The average molecular weight is 201 g/mol. The number of nitrogens with two attached hydrogens (primary N) is 1. The fraction of sp³-hybridized carbons (Fsp3) is 0.400. The Labute approximate surface area is 81.7 Å². The molecule has 0 unspecified atom stereocenters. The average Bonchev–Trinajstić information content (AvgIpc) is 2.11. The molecule has 2 nitrogen and oxygen atoms in total. The molecule has 0 heterocycles. The van der Waals surface area contributed by atoms with Gasteiger partial charge in [0.15, 0.2) is 0 Å². The van der Waals surface area contributed by atoms with Gasteiger partial charge < -0.3 is 10.5 Å². The van der Waals surface area contributed by atoms with Gasteiger partial charge in [-0.2, -0.15) is 0 Å². The van der Waals surface area contributed by atoms with Crippen LogP contribution in [-0.2, 0) is 4.74 Å². The van der Waals surface area contributed by atoms with Crippen molar-refractivity contribution in [2.75, 3.05) is 13.7 Å². The molecule has 1 aromatic rings. The predicted molar refractivity (Wildman–Crippen MR) is 49.9 cm³/mol. The van der Waals surface area contributed by atoms with Crippen LogP contribution in [0.3, 0.4) is 0 Å². The van der Waals surface area contributed by atoms with E-state index in [4.69, 9.17) is 10.5 Å². The van der Waals surface area contributed by atoms with Crippen LogP contribution < -0.4 is 5.73 Å². The number of benzene rings is 1. The zero-order chi connectivity index (χ0) is 10.7. The van der Waals surface area contributed by atoms with E-state index in [1.54, 1.807) is 6.92 Å². The zero-order valence-electron chi connectivity index (χ0n) is 8.18. The van der Waals surface area contributed by atoms with Crippen LogP contribution in [0.4, 0.5) is 8.78 Å². The van der Waals surface area contributed by atoms with E-state index >= 15 is 0 Å². The lowest BCUT2D eigenvalue weighted by atomic mass is 10.0. The molecule has 0 aromatic heterocycles. The van der Waals surface area contributed by atoms with Crippen LogP contribution in [0.15, 0.2) is 12.1 Å². The van der Waals surface area contributed by atoms with Crippen LogP contribution in [0.1, 0.15) is 17.2 Å². The fourth-order valence-corrected chi connectivity index (χ4v) is 1.32. The highest BCUT2D eigenvalue weighted by Gasteiger charge is 2.13. The van der Waals surface area contributed by atoms with Gasteiger partial charge in [0.1, 0.15) is 11.6 Å². The first kappa shape index (κ1) is 11.1. The van der Waals surface area contributed by atoms with E-state index in [9.17, 15) is 8.78 Å². The van der Waals surface area contributed by atoms with Gasteiger partial charge in [0, 0.05) is 13.2 Å². The van der Waals surface area contributed by atoms with Crippen LogP contribution >= 0.6 is 0 Å². The highest BCUT2D eigenvalue weighted by atomic mass is 19.1. The summed E-state index contributed by atoms with van der Waals surface area (Å²) in [4.78, 5) is 0. The molecule has 2 N–H and O–H groups in total. The van der Waals surface area contributed by atoms with E-state index in [0.717, 1.165) is 6.07 Å². The number of methoxy groups -OCH3 is 1. The Morgan fingerprint density at radius 2 is 2.07 bits per heavy atom. The van der Waals surface area contributed by atoms with E-state index in [-0.39, 0.29) is 6.61 Å². The maximum atomic E-state index is 13.1. The molecule has 0 saturated carbocycles. The number of hydrogen-bond donors (Lipinski definition) is 1. The third kappa shape index (κ3) is 2.27. The van der Waals surface area contributed by atoms with Crippen LogP contribution in [0, 0.1) is 18.6 Å². The molecule has 1 atom stereocenters. The van der Waals surface area contributed by atoms with Crippen molar-refractivity contribution in [2.45, 2.75) is 13.0 Å². The van der Waals surface area contributed by atoms with Gasteiger partial charge in [-0.25, -0.2) is 8.78 Å². The summed E-state index contributed by atoms with van der Waals surface area (Å²) >= 11 is 0. The van der Waals surface area contributed by atoms with Gasteiger partial charge in [0.25, 0.3) is 0 Å². The normalized spacial score (nSPS) is 12.9. The molecule has 0 aliphatic rings. The molecular weight excluding hydrogens is 188 g/mol. The molecule has 14 heavy (non-hydrogen) atoms. The standard InChI is InChI=1S/C10H13F2NO/c1-6-8(10(13)5-14-2)3-7(11)4-9(6)12/h3-4,10H,5,13H2,1-2H3/t10-/m1/s1. The lowest BCUT2D eigenvalue weighted by Crippen LogP contribution is -2.18. The molecule has 0 radical (unpaired) electrons. The molecule has 0 amide bonds. The molecule has 4 heteroatoms. The zero-order valence-corrected chi connectivity index (χ0v) is 8.18. The Morgan fingerprint density at radius 3 is 2.64 bits per heavy atom. The Morgan fingerprint density at radius 1 is 1.43 bits per heavy atom. The Balaban J connectivity index is 3.07. The molecule has 0 bridgehead atoms. The van der Waals surface area contributed by atoms with Gasteiger partial charge in [-0.1, -0.05) is 0 Å². The van der Waals surface area contributed by atoms with Crippen LogP contribution in [0.2, 0.25) is 0 Å².